The maximum Gasteiger partial charge on any atom is 0.313 e. The van der Waals surface area contributed by atoms with E-state index in [0.717, 1.165) is 0 Å². The van der Waals surface area contributed by atoms with E-state index in [2.05, 4.69) is 0 Å². The minimum atomic E-state index is -1.11. The van der Waals surface area contributed by atoms with Crippen molar-refractivity contribution in [3.05, 3.63) is 29.6 Å². The lowest BCUT2D eigenvalue weighted by molar-refractivity contribution is -0.142. The van der Waals surface area contributed by atoms with E-state index < -0.39 is 17.2 Å². The Labute approximate surface area is 93.9 Å². The number of halogens is 1. The van der Waals surface area contributed by atoms with Gasteiger partial charge in [0.05, 0.1) is 12.0 Å². The molecule has 0 fully saturated rings. The summed E-state index contributed by atoms with van der Waals surface area (Å²) < 4.78 is 18.6. The number of carbonyl (C=O) groups is 1. The van der Waals surface area contributed by atoms with Gasteiger partial charge in [-0.15, -0.1) is 0 Å². The third kappa shape index (κ3) is 2.32. The van der Waals surface area contributed by atoms with Crippen molar-refractivity contribution in [1.29, 1.82) is 0 Å². The zero-order chi connectivity index (χ0) is 12.3. The van der Waals surface area contributed by atoms with Crippen molar-refractivity contribution in [2.24, 2.45) is 0 Å². The average Bonchev–Trinajstić information content (AvgIpc) is 2.21. The molecule has 0 bridgehead atoms. The van der Waals surface area contributed by atoms with Crippen LogP contribution in [0.4, 0.5) is 4.39 Å². The molecule has 1 rings (SSSR count). The van der Waals surface area contributed by atoms with E-state index in [1.54, 1.807) is 13.0 Å². The minimum Gasteiger partial charge on any atom is -0.491 e. The Hall–Kier alpha value is -1.58. The third-order valence-electron chi connectivity index (χ3n) is 2.49. The fourth-order valence-electron chi connectivity index (χ4n) is 1.29. The van der Waals surface area contributed by atoms with Crippen LogP contribution in [-0.4, -0.2) is 17.7 Å². The fourth-order valence-corrected chi connectivity index (χ4v) is 1.29. The van der Waals surface area contributed by atoms with Crippen molar-refractivity contribution < 1.29 is 19.0 Å². The van der Waals surface area contributed by atoms with Gasteiger partial charge in [-0.05, 0) is 38.5 Å². The third-order valence-corrected chi connectivity index (χ3v) is 2.49. The van der Waals surface area contributed by atoms with Crippen molar-refractivity contribution in [2.75, 3.05) is 6.61 Å². The van der Waals surface area contributed by atoms with Gasteiger partial charge in [0.1, 0.15) is 0 Å². The van der Waals surface area contributed by atoms with Gasteiger partial charge in [-0.2, -0.15) is 0 Å². The number of ether oxygens (including phenoxy) is 1. The summed E-state index contributed by atoms with van der Waals surface area (Å²) >= 11 is 0. The molecule has 0 aromatic heterocycles. The summed E-state index contributed by atoms with van der Waals surface area (Å²) in [4.78, 5) is 11.0. The molecule has 1 aromatic carbocycles. The summed E-state index contributed by atoms with van der Waals surface area (Å²) in [7, 11) is 0. The molecular weight excluding hydrogens is 211 g/mol. The van der Waals surface area contributed by atoms with Gasteiger partial charge < -0.3 is 9.84 Å². The molecule has 0 amide bonds. The van der Waals surface area contributed by atoms with Crippen LogP contribution in [0.25, 0.3) is 0 Å². The molecule has 0 unspecified atom stereocenters. The molecular formula is C12H15FO3. The molecule has 0 heterocycles. The second-order valence-corrected chi connectivity index (χ2v) is 4.01. The second-order valence-electron chi connectivity index (χ2n) is 4.01. The van der Waals surface area contributed by atoms with Gasteiger partial charge in [0.15, 0.2) is 11.6 Å². The van der Waals surface area contributed by atoms with Crippen molar-refractivity contribution in [3.8, 4) is 5.75 Å². The summed E-state index contributed by atoms with van der Waals surface area (Å²) in [5.74, 6) is -1.38. The number of hydrogen-bond donors (Lipinski definition) is 1. The Morgan fingerprint density at radius 1 is 1.50 bits per heavy atom. The number of benzene rings is 1. The van der Waals surface area contributed by atoms with Crippen molar-refractivity contribution in [3.63, 3.8) is 0 Å². The first kappa shape index (κ1) is 12.5. The van der Waals surface area contributed by atoms with Crippen LogP contribution < -0.4 is 4.74 Å². The maximum atomic E-state index is 13.5. The molecule has 0 atom stereocenters. The monoisotopic (exact) mass is 226 g/mol. The number of hydrogen-bond acceptors (Lipinski definition) is 2. The first-order chi connectivity index (χ1) is 7.39. The first-order valence-corrected chi connectivity index (χ1v) is 5.05. The highest BCUT2D eigenvalue weighted by Crippen LogP contribution is 2.27. The Bertz CT molecular complexity index is 399. The van der Waals surface area contributed by atoms with Crippen LogP contribution in [0.15, 0.2) is 18.2 Å². The summed E-state index contributed by atoms with van der Waals surface area (Å²) in [6, 6.07) is 4.24. The van der Waals surface area contributed by atoms with E-state index in [0.29, 0.717) is 12.2 Å². The summed E-state index contributed by atoms with van der Waals surface area (Å²) in [6.07, 6.45) is 0. The van der Waals surface area contributed by atoms with Gasteiger partial charge in [0, 0.05) is 0 Å². The predicted octanol–water partition coefficient (Wildman–Crippen LogP) is 2.59. The molecule has 88 valence electrons. The maximum absolute atomic E-state index is 13.5. The first-order valence-electron chi connectivity index (χ1n) is 5.05. The molecule has 16 heavy (non-hydrogen) atoms. The highest BCUT2D eigenvalue weighted by molar-refractivity contribution is 5.80. The van der Waals surface area contributed by atoms with Crippen LogP contribution in [-0.2, 0) is 10.2 Å². The van der Waals surface area contributed by atoms with Crippen LogP contribution >= 0.6 is 0 Å². The molecule has 1 aromatic rings. The fraction of sp³-hybridized carbons (Fsp3) is 0.417. The minimum absolute atomic E-state index is 0.146. The zero-order valence-corrected chi connectivity index (χ0v) is 9.58. The van der Waals surface area contributed by atoms with Gasteiger partial charge in [0.25, 0.3) is 0 Å². The SMILES string of the molecule is CCOc1ccc(C(C)(C)C(=O)O)cc1F. The van der Waals surface area contributed by atoms with E-state index in [4.69, 9.17) is 9.84 Å². The van der Waals surface area contributed by atoms with E-state index in [9.17, 15) is 9.18 Å². The van der Waals surface area contributed by atoms with E-state index in [1.165, 1.54) is 26.0 Å². The standard InChI is InChI=1S/C12H15FO3/c1-4-16-10-6-5-8(7-9(10)13)12(2,3)11(14)15/h5-7H,4H2,1-3H3,(H,14,15). The van der Waals surface area contributed by atoms with Gasteiger partial charge >= 0.3 is 5.97 Å². The van der Waals surface area contributed by atoms with Gasteiger partial charge in [-0.25, -0.2) is 4.39 Å². The lowest BCUT2D eigenvalue weighted by Gasteiger charge is -2.20. The van der Waals surface area contributed by atoms with Crippen molar-refractivity contribution >= 4 is 5.97 Å². The Morgan fingerprint density at radius 2 is 2.12 bits per heavy atom. The highest BCUT2D eigenvalue weighted by Gasteiger charge is 2.30. The number of carboxylic acids is 1. The van der Waals surface area contributed by atoms with Crippen LogP contribution in [0.1, 0.15) is 26.3 Å². The summed E-state index contributed by atoms with van der Waals surface area (Å²) in [6.45, 7) is 5.20. The van der Waals surface area contributed by atoms with E-state index >= 15 is 0 Å². The molecule has 0 aliphatic rings. The van der Waals surface area contributed by atoms with Gasteiger partial charge in [-0.1, -0.05) is 6.07 Å². The molecule has 0 radical (unpaired) electrons. The summed E-state index contributed by atoms with van der Waals surface area (Å²) in [5.41, 5.74) is -0.688. The number of aliphatic carboxylic acids is 1. The summed E-state index contributed by atoms with van der Waals surface area (Å²) in [5, 5.41) is 9.00. The van der Waals surface area contributed by atoms with Crippen molar-refractivity contribution in [1.82, 2.24) is 0 Å². The predicted molar refractivity (Wildman–Crippen MR) is 58.2 cm³/mol. The number of carboxylic acid groups (broad SMARTS) is 1. The molecule has 3 nitrogen and oxygen atoms in total. The largest absolute Gasteiger partial charge is 0.491 e. The Morgan fingerprint density at radius 3 is 2.56 bits per heavy atom. The van der Waals surface area contributed by atoms with Crippen LogP contribution in [0.3, 0.4) is 0 Å². The molecule has 4 heteroatoms. The van der Waals surface area contributed by atoms with E-state index in [-0.39, 0.29) is 5.75 Å². The smallest absolute Gasteiger partial charge is 0.313 e. The van der Waals surface area contributed by atoms with E-state index in [1.807, 2.05) is 0 Å². The molecule has 0 saturated carbocycles. The molecule has 0 spiro atoms. The van der Waals surface area contributed by atoms with Crippen molar-refractivity contribution in [2.45, 2.75) is 26.2 Å². The molecule has 0 saturated heterocycles. The van der Waals surface area contributed by atoms with Crippen LogP contribution in [0.5, 0.6) is 5.75 Å². The molecule has 0 aliphatic heterocycles. The average molecular weight is 226 g/mol. The lowest BCUT2D eigenvalue weighted by Crippen LogP contribution is -2.28. The highest BCUT2D eigenvalue weighted by atomic mass is 19.1. The quantitative estimate of drug-likeness (QED) is 0.858. The topological polar surface area (TPSA) is 46.5 Å². The molecule has 1 N–H and O–H groups in total. The second kappa shape index (κ2) is 4.51. The normalized spacial score (nSPS) is 11.2. The van der Waals surface area contributed by atoms with Gasteiger partial charge in [0.2, 0.25) is 0 Å². The van der Waals surface area contributed by atoms with Crippen LogP contribution in [0.2, 0.25) is 0 Å². The lowest BCUT2D eigenvalue weighted by atomic mass is 9.85. The van der Waals surface area contributed by atoms with Crippen LogP contribution in [0, 0.1) is 5.82 Å². The Balaban J connectivity index is 3.10. The Kier molecular flexibility index (Phi) is 3.52. The number of rotatable bonds is 4. The van der Waals surface area contributed by atoms with Gasteiger partial charge in [-0.3, -0.25) is 4.79 Å². The zero-order valence-electron chi connectivity index (χ0n) is 9.58. The molecule has 0 aliphatic carbocycles.